The average Bonchev–Trinajstić information content (AvgIpc) is 2.29. The van der Waals surface area contributed by atoms with Crippen LogP contribution in [0.4, 0.5) is 17.2 Å². The van der Waals surface area contributed by atoms with Crippen molar-refractivity contribution < 1.29 is 0 Å². The fraction of sp³-hybridized carbons (Fsp3) is 0.154. The average molecular weight is 213 g/mol. The molecule has 0 bridgehead atoms. The summed E-state index contributed by atoms with van der Waals surface area (Å²) in [6.07, 6.45) is 1.70. The van der Waals surface area contributed by atoms with E-state index in [-0.39, 0.29) is 0 Å². The van der Waals surface area contributed by atoms with Gasteiger partial charge in [-0.1, -0.05) is 12.1 Å². The second kappa shape index (κ2) is 4.23. The summed E-state index contributed by atoms with van der Waals surface area (Å²) in [5, 5.41) is 0. The molecule has 2 aromatic rings. The third-order valence-electron chi connectivity index (χ3n) is 2.57. The molecule has 0 atom stereocenters. The molecular formula is C13H15N3. The standard InChI is InChI=1S/C13H15N3/c1-10-5-3-6-11(9-10)16(2)12-7-4-8-15-13(12)14/h3-9H,1-2H3,(H2,14,15). The minimum Gasteiger partial charge on any atom is -0.382 e. The molecule has 0 saturated carbocycles. The van der Waals surface area contributed by atoms with Crippen LogP contribution in [-0.4, -0.2) is 12.0 Å². The molecule has 1 heterocycles. The van der Waals surface area contributed by atoms with E-state index in [4.69, 9.17) is 5.73 Å². The van der Waals surface area contributed by atoms with Crippen molar-refractivity contribution in [3.8, 4) is 0 Å². The van der Waals surface area contributed by atoms with Gasteiger partial charge in [-0.05, 0) is 36.8 Å². The first-order chi connectivity index (χ1) is 7.68. The summed E-state index contributed by atoms with van der Waals surface area (Å²) in [5.41, 5.74) is 9.11. The van der Waals surface area contributed by atoms with Crippen LogP contribution in [0.1, 0.15) is 5.56 Å². The Hall–Kier alpha value is -2.03. The molecule has 0 aliphatic carbocycles. The molecule has 2 rings (SSSR count). The molecule has 0 fully saturated rings. The zero-order valence-corrected chi connectivity index (χ0v) is 9.51. The summed E-state index contributed by atoms with van der Waals surface area (Å²) in [4.78, 5) is 6.12. The van der Waals surface area contributed by atoms with Crippen LogP contribution >= 0.6 is 0 Å². The molecule has 0 aliphatic rings. The fourth-order valence-corrected chi connectivity index (χ4v) is 1.67. The zero-order valence-electron chi connectivity index (χ0n) is 9.51. The second-order valence-corrected chi connectivity index (χ2v) is 3.81. The second-order valence-electron chi connectivity index (χ2n) is 3.81. The van der Waals surface area contributed by atoms with Gasteiger partial charge >= 0.3 is 0 Å². The Labute approximate surface area is 95.5 Å². The highest BCUT2D eigenvalue weighted by Crippen LogP contribution is 2.27. The number of nitrogens with zero attached hydrogens (tertiary/aromatic N) is 2. The lowest BCUT2D eigenvalue weighted by molar-refractivity contribution is 1.18. The molecule has 2 N–H and O–H groups in total. The van der Waals surface area contributed by atoms with Crippen molar-refractivity contribution >= 4 is 17.2 Å². The van der Waals surface area contributed by atoms with Crippen LogP contribution < -0.4 is 10.6 Å². The van der Waals surface area contributed by atoms with E-state index >= 15 is 0 Å². The maximum Gasteiger partial charge on any atom is 0.147 e. The number of rotatable bonds is 2. The molecule has 1 aromatic heterocycles. The van der Waals surface area contributed by atoms with Gasteiger partial charge in [-0.25, -0.2) is 4.98 Å². The van der Waals surface area contributed by atoms with Gasteiger partial charge in [0.1, 0.15) is 5.82 Å². The van der Waals surface area contributed by atoms with Gasteiger partial charge in [-0.15, -0.1) is 0 Å². The summed E-state index contributed by atoms with van der Waals surface area (Å²) in [5.74, 6) is 0.548. The fourth-order valence-electron chi connectivity index (χ4n) is 1.67. The van der Waals surface area contributed by atoms with Gasteiger partial charge in [-0.3, -0.25) is 0 Å². The lowest BCUT2D eigenvalue weighted by Crippen LogP contribution is -2.12. The highest BCUT2D eigenvalue weighted by molar-refractivity contribution is 5.71. The largest absolute Gasteiger partial charge is 0.382 e. The van der Waals surface area contributed by atoms with E-state index < -0.39 is 0 Å². The third kappa shape index (κ3) is 1.98. The van der Waals surface area contributed by atoms with Gasteiger partial charge in [0, 0.05) is 18.9 Å². The Morgan fingerprint density at radius 3 is 2.69 bits per heavy atom. The highest BCUT2D eigenvalue weighted by Gasteiger charge is 2.07. The van der Waals surface area contributed by atoms with E-state index in [0.717, 1.165) is 11.4 Å². The summed E-state index contributed by atoms with van der Waals surface area (Å²) >= 11 is 0. The monoisotopic (exact) mass is 213 g/mol. The molecule has 0 radical (unpaired) electrons. The first-order valence-electron chi connectivity index (χ1n) is 5.19. The van der Waals surface area contributed by atoms with Crippen LogP contribution in [0, 0.1) is 6.92 Å². The highest BCUT2D eigenvalue weighted by atomic mass is 15.1. The van der Waals surface area contributed by atoms with Crippen LogP contribution in [0.5, 0.6) is 0 Å². The zero-order chi connectivity index (χ0) is 11.5. The predicted molar refractivity (Wildman–Crippen MR) is 67.9 cm³/mol. The van der Waals surface area contributed by atoms with E-state index in [1.54, 1.807) is 6.20 Å². The van der Waals surface area contributed by atoms with E-state index in [1.165, 1.54) is 5.56 Å². The van der Waals surface area contributed by atoms with Crippen molar-refractivity contribution in [3.05, 3.63) is 48.2 Å². The van der Waals surface area contributed by atoms with E-state index in [2.05, 4.69) is 30.1 Å². The molecule has 0 aliphatic heterocycles. The summed E-state index contributed by atoms with van der Waals surface area (Å²) in [6.45, 7) is 2.07. The number of benzene rings is 1. The van der Waals surface area contributed by atoms with Gasteiger partial charge < -0.3 is 10.6 Å². The summed E-state index contributed by atoms with van der Waals surface area (Å²) < 4.78 is 0. The third-order valence-corrected chi connectivity index (χ3v) is 2.57. The smallest absolute Gasteiger partial charge is 0.147 e. The van der Waals surface area contributed by atoms with Crippen molar-refractivity contribution in [2.45, 2.75) is 6.92 Å². The van der Waals surface area contributed by atoms with Crippen molar-refractivity contribution in [3.63, 3.8) is 0 Å². The number of nitrogens with two attached hydrogens (primary N) is 1. The van der Waals surface area contributed by atoms with Crippen LogP contribution in [0.25, 0.3) is 0 Å². The quantitative estimate of drug-likeness (QED) is 0.834. The van der Waals surface area contributed by atoms with Gasteiger partial charge in [0.25, 0.3) is 0 Å². The summed E-state index contributed by atoms with van der Waals surface area (Å²) in [7, 11) is 1.99. The molecule has 0 spiro atoms. The molecule has 0 saturated heterocycles. The molecule has 0 unspecified atom stereocenters. The Bertz CT molecular complexity index is 494. The SMILES string of the molecule is Cc1cccc(N(C)c2cccnc2N)c1. The van der Waals surface area contributed by atoms with Gasteiger partial charge in [0.05, 0.1) is 5.69 Å². The molecule has 3 nitrogen and oxygen atoms in total. The summed E-state index contributed by atoms with van der Waals surface area (Å²) in [6, 6.07) is 12.1. The Balaban J connectivity index is 2.39. The molecule has 16 heavy (non-hydrogen) atoms. The van der Waals surface area contributed by atoms with Crippen LogP contribution in [0.15, 0.2) is 42.6 Å². The van der Waals surface area contributed by atoms with Crippen LogP contribution in [-0.2, 0) is 0 Å². The van der Waals surface area contributed by atoms with Gasteiger partial charge in [-0.2, -0.15) is 0 Å². The maximum absolute atomic E-state index is 5.84. The van der Waals surface area contributed by atoms with Crippen LogP contribution in [0.3, 0.4) is 0 Å². The van der Waals surface area contributed by atoms with Crippen molar-refractivity contribution in [2.24, 2.45) is 0 Å². The molecule has 3 heteroatoms. The maximum atomic E-state index is 5.84. The topological polar surface area (TPSA) is 42.2 Å². The minimum absolute atomic E-state index is 0.548. The van der Waals surface area contributed by atoms with E-state index in [9.17, 15) is 0 Å². The van der Waals surface area contributed by atoms with Crippen molar-refractivity contribution in [1.82, 2.24) is 4.98 Å². The number of aryl methyl sites for hydroxylation is 1. The van der Waals surface area contributed by atoms with Crippen LogP contribution in [0.2, 0.25) is 0 Å². The van der Waals surface area contributed by atoms with Crippen molar-refractivity contribution in [1.29, 1.82) is 0 Å². The number of hydrogen-bond donors (Lipinski definition) is 1. The Kier molecular flexibility index (Phi) is 2.77. The number of aromatic nitrogens is 1. The number of anilines is 3. The van der Waals surface area contributed by atoms with Gasteiger partial charge in [0.2, 0.25) is 0 Å². The predicted octanol–water partition coefficient (Wildman–Crippen LogP) is 2.74. The first kappa shape index (κ1) is 10.5. The van der Waals surface area contributed by atoms with Gasteiger partial charge in [0.15, 0.2) is 0 Å². The van der Waals surface area contributed by atoms with E-state index in [0.29, 0.717) is 5.82 Å². The Morgan fingerprint density at radius 1 is 1.19 bits per heavy atom. The first-order valence-corrected chi connectivity index (χ1v) is 5.19. The number of pyridine rings is 1. The minimum atomic E-state index is 0.548. The molecule has 82 valence electrons. The molecule has 1 aromatic carbocycles. The molecule has 0 amide bonds. The van der Waals surface area contributed by atoms with E-state index in [1.807, 2.05) is 30.1 Å². The Morgan fingerprint density at radius 2 is 2.00 bits per heavy atom. The number of hydrogen-bond acceptors (Lipinski definition) is 3. The lowest BCUT2D eigenvalue weighted by Gasteiger charge is -2.20. The number of nitrogen functional groups attached to an aromatic ring is 1. The lowest BCUT2D eigenvalue weighted by atomic mass is 10.2. The normalized spacial score (nSPS) is 10.1. The van der Waals surface area contributed by atoms with Crippen molar-refractivity contribution in [2.75, 3.05) is 17.7 Å². The molecular weight excluding hydrogens is 198 g/mol.